The molecule has 1 aromatic carbocycles. The van der Waals surface area contributed by atoms with E-state index in [1.165, 1.54) is 12.3 Å². The van der Waals surface area contributed by atoms with Crippen LogP contribution in [-0.2, 0) is 4.74 Å². The molecule has 1 saturated heterocycles. The zero-order chi connectivity index (χ0) is 23.4. The van der Waals surface area contributed by atoms with E-state index in [0.29, 0.717) is 11.4 Å². The van der Waals surface area contributed by atoms with Crippen LogP contribution in [0.15, 0.2) is 29.2 Å². The average Bonchev–Trinajstić information content (AvgIpc) is 3.06. The molecule has 1 atom stereocenters. The van der Waals surface area contributed by atoms with E-state index >= 15 is 0 Å². The zero-order valence-corrected chi connectivity index (χ0v) is 19.3. The van der Waals surface area contributed by atoms with Crippen molar-refractivity contribution in [3.05, 3.63) is 51.3 Å². The van der Waals surface area contributed by atoms with E-state index < -0.39 is 17.0 Å². The van der Waals surface area contributed by atoms with Crippen molar-refractivity contribution >= 4 is 5.97 Å². The van der Waals surface area contributed by atoms with Crippen LogP contribution < -0.4 is 15.2 Å². The van der Waals surface area contributed by atoms with Crippen LogP contribution in [0.25, 0.3) is 11.3 Å². The predicted molar refractivity (Wildman–Crippen MR) is 122 cm³/mol. The quantitative estimate of drug-likeness (QED) is 0.741. The highest BCUT2D eigenvalue weighted by atomic mass is 16.5. The third-order valence-electron chi connectivity index (χ3n) is 6.45. The maximum atomic E-state index is 12.6. The van der Waals surface area contributed by atoms with Crippen LogP contribution in [0, 0.1) is 11.8 Å². The monoisotopic (exact) mass is 436 g/mol. The van der Waals surface area contributed by atoms with Crippen molar-refractivity contribution in [1.29, 1.82) is 0 Å². The van der Waals surface area contributed by atoms with Gasteiger partial charge >= 0.3 is 5.97 Å². The molecule has 7 nitrogen and oxygen atoms in total. The molecule has 1 aromatic heterocycles. The Bertz CT molecular complexity index is 1230. The SMILES string of the molecule is COc1cc2c(cc1C#CC(C)(C)OC)C1CCC(C)(C)N1n1cc(C(=O)O)c(=O)cc1-2. The van der Waals surface area contributed by atoms with Crippen LogP contribution in [0.4, 0.5) is 0 Å². The normalized spacial score (nSPS) is 18.2. The van der Waals surface area contributed by atoms with Crippen LogP contribution in [0.5, 0.6) is 5.75 Å². The molecule has 4 rings (SSSR count). The Balaban J connectivity index is 2.00. The van der Waals surface area contributed by atoms with Gasteiger partial charge in [0.25, 0.3) is 0 Å². The summed E-state index contributed by atoms with van der Waals surface area (Å²) in [4.78, 5) is 24.2. The van der Waals surface area contributed by atoms with E-state index in [1.807, 2.05) is 30.7 Å². The van der Waals surface area contributed by atoms with E-state index in [-0.39, 0.29) is 17.1 Å². The number of aromatic nitrogens is 1. The van der Waals surface area contributed by atoms with Gasteiger partial charge in [-0.15, -0.1) is 0 Å². The van der Waals surface area contributed by atoms with Gasteiger partial charge in [0.15, 0.2) is 5.43 Å². The Labute approximate surface area is 187 Å². The number of carbonyl (C=O) groups is 1. The number of hydrogen-bond acceptors (Lipinski definition) is 5. The van der Waals surface area contributed by atoms with Gasteiger partial charge in [-0.05, 0) is 58.2 Å². The van der Waals surface area contributed by atoms with Gasteiger partial charge in [0.05, 0.1) is 29.9 Å². The summed E-state index contributed by atoms with van der Waals surface area (Å²) in [5, 5.41) is 11.7. The van der Waals surface area contributed by atoms with Crippen LogP contribution in [0.1, 0.15) is 68.1 Å². The Morgan fingerprint density at radius 3 is 2.59 bits per heavy atom. The van der Waals surface area contributed by atoms with E-state index in [1.54, 1.807) is 14.2 Å². The molecule has 0 amide bonds. The molecular formula is C25H28N2O5. The van der Waals surface area contributed by atoms with E-state index in [0.717, 1.165) is 29.5 Å². The fourth-order valence-electron chi connectivity index (χ4n) is 4.57. The number of carboxylic acids is 1. The number of benzene rings is 1. The number of aromatic carboxylic acids is 1. The second-order valence-electron chi connectivity index (χ2n) is 9.40. The summed E-state index contributed by atoms with van der Waals surface area (Å²) in [7, 11) is 3.21. The molecule has 32 heavy (non-hydrogen) atoms. The van der Waals surface area contributed by atoms with Gasteiger partial charge < -0.3 is 14.6 Å². The van der Waals surface area contributed by atoms with Crippen molar-refractivity contribution in [2.75, 3.05) is 19.2 Å². The van der Waals surface area contributed by atoms with E-state index in [9.17, 15) is 14.7 Å². The zero-order valence-electron chi connectivity index (χ0n) is 19.3. The largest absolute Gasteiger partial charge is 0.495 e. The summed E-state index contributed by atoms with van der Waals surface area (Å²) in [5.41, 5.74) is 1.73. The number of rotatable bonds is 3. The summed E-state index contributed by atoms with van der Waals surface area (Å²) in [6.45, 7) is 8.06. The van der Waals surface area contributed by atoms with Gasteiger partial charge in [0.1, 0.15) is 16.9 Å². The maximum absolute atomic E-state index is 12.6. The first-order valence-corrected chi connectivity index (χ1v) is 10.6. The fourth-order valence-corrected chi connectivity index (χ4v) is 4.57. The number of pyridine rings is 1. The van der Waals surface area contributed by atoms with Gasteiger partial charge in [-0.25, -0.2) is 4.79 Å². The summed E-state index contributed by atoms with van der Waals surface area (Å²) >= 11 is 0. The molecule has 0 bridgehead atoms. The Morgan fingerprint density at radius 1 is 1.25 bits per heavy atom. The van der Waals surface area contributed by atoms with Gasteiger partial charge in [-0.2, -0.15) is 0 Å². The number of methoxy groups -OCH3 is 2. The second-order valence-corrected chi connectivity index (χ2v) is 9.40. The van der Waals surface area contributed by atoms with E-state index in [4.69, 9.17) is 9.47 Å². The van der Waals surface area contributed by atoms with Crippen molar-refractivity contribution in [1.82, 2.24) is 4.68 Å². The molecule has 1 unspecified atom stereocenters. The molecule has 0 aliphatic carbocycles. The highest BCUT2D eigenvalue weighted by molar-refractivity contribution is 5.88. The standard InChI is InChI=1S/C25H28N2O5/c1-24(2)9-8-19-16-11-15(7-10-25(3,4)32-6)22(31-5)12-17(16)20-13-21(28)18(23(29)30)14-26(20)27(19)24/h11-14,19H,8-9H2,1-6H3,(H,29,30). The van der Waals surface area contributed by atoms with Crippen molar-refractivity contribution in [2.45, 2.75) is 57.7 Å². The smallest absolute Gasteiger partial charge is 0.341 e. The van der Waals surface area contributed by atoms with Crippen LogP contribution in [-0.4, -0.2) is 41.1 Å². The Kier molecular flexibility index (Phi) is 5.09. The first kappa shape index (κ1) is 22.0. The van der Waals surface area contributed by atoms with Crippen LogP contribution >= 0.6 is 0 Å². The average molecular weight is 437 g/mol. The third kappa shape index (κ3) is 3.45. The first-order valence-electron chi connectivity index (χ1n) is 10.6. The topological polar surface area (TPSA) is 81.0 Å². The van der Waals surface area contributed by atoms with Gasteiger partial charge in [-0.1, -0.05) is 11.8 Å². The highest BCUT2D eigenvalue weighted by Gasteiger charge is 2.45. The highest BCUT2D eigenvalue weighted by Crippen LogP contribution is 2.49. The summed E-state index contributed by atoms with van der Waals surface area (Å²) < 4.78 is 12.9. The Hall–Kier alpha value is -3.24. The molecular weight excluding hydrogens is 408 g/mol. The van der Waals surface area contributed by atoms with Crippen molar-refractivity contribution < 1.29 is 19.4 Å². The fraction of sp³-hybridized carbons (Fsp3) is 0.440. The lowest BCUT2D eigenvalue weighted by molar-refractivity contribution is 0.0693. The van der Waals surface area contributed by atoms with Gasteiger partial charge in [-0.3, -0.25) is 14.5 Å². The number of nitrogens with zero attached hydrogens (tertiary/aromatic N) is 2. The van der Waals surface area contributed by atoms with Crippen molar-refractivity contribution in [3.63, 3.8) is 0 Å². The van der Waals surface area contributed by atoms with Crippen LogP contribution in [0.2, 0.25) is 0 Å². The molecule has 168 valence electrons. The van der Waals surface area contributed by atoms with Gasteiger partial charge in [0.2, 0.25) is 0 Å². The number of hydrogen-bond donors (Lipinski definition) is 1. The minimum Gasteiger partial charge on any atom is -0.495 e. The lowest BCUT2D eigenvalue weighted by Gasteiger charge is -2.44. The molecule has 2 aliphatic heterocycles. The first-order chi connectivity index (χ1) is 15.0. The molecule has 0 spiro atoms. The summed E-state index contributed by atoms with van der Waals surface area (Å²) in [6.07, 6.45) is 3.27. The Morgan fingerprint density at radius 2 is 1.97 bits per heavy atom. The second kappa shape index (κ2) is 7.42. The van der Waals surface area contributed by atoms with Crippen molar-refractivity contribution in [3.8, 4) is 28.8 Å². The number of ether oxygens (including phenoxy) is 2. The van der Waals surface area contributed by atoms with Crippen LogP contribution in [0.3, 0.4) is 0 Å². The predicted octanol–water partition coefficient (Wildman–Crippen LogP) is 3.56. The lowest BCUT2D eigenvalue weighted by atomic mass is 9.91. The summed E-state index contributed by atoms with van der Waals surface area (Å²) in [5.74, 6) is 5.71. The summed E-state index contributed by atoms with van der Waals surface area (Å²) in [6, 6.07) is 5.36. The number of fused-ring (bicyclic) bond motifs is 6. The minimum atomic E-state index is -1.23. The minimum absolute atomic E-state index is 0.0264. The molecule has 2 aliphatic rings. The molecule has 1 fully saturated rings. The lowest BCUT2D eigenvalue weighted by Crippen LogP contribution is -2.50. The molecule has 3 heterocycles. The number of carboxylic acid groups (broad SMARTS) is 1. The van der Waals surface area contributed by atoms with E-state index in [2.05, 4.69) is 30.7 Å². The third-order valence-corrected chi connectivity index (χ3v) is 6.45. The maximum Gasteiger partial charge on any atom is 0.341 e. The van der Waals surface area contributed by atoms with Crippen molar-refractivity contribution in [2.24, 2.45) is 0 Å². The molecule has 7 heteroatoms. The molecule has 0 saturated carbocycles. The molecule has 2 aromatic rings. The molecule has 1 N–H and O–H groups in total. The van der Waals surface area contributed by atoms with Gasteiger partial charge in [0, 0.05) is 24.9 Å². The molecule has 0 radical (unpaired) electrons.